The van der Waals surface area contributed by atoms with Crippen LogP contribution < -0.4 is 9.47 Å². The van der Waals surface area contributed by atoms with Crippen LogP contribution >= 0.6 is 0 Å². The summed E-state index contributed by atoms with van der Waals surface area (Å²) in [5, 5.41) is 2.21. The van der Waals surface area contributed by atoms with E-state index in [0.717, 1.165) is 27.6 Å². The van der Waals surface area contributed by atoms with E-state index in [1.54, 1.807) is 7.11 Å². The summed E-state index contributed by atoms with van der Waals surface area (Å²) < 4.78 is 10.9. The average molecular weight is 411 g/mol. The molecule has 0 bridgehead atoms. The standard InChI is InChI=1S/C28H26O3/c1-28(2,22-11-15-24(30-3)16-12-22)23-13-17-25(18-14-23)31-27(29)19-21-9-6-8-20-7-4-5-10-26(20)21/h4-18H,19H2,1-3H3. The fraction of sp³-hybridized carbons (Fsp3) is 0.179. The van der Waals surface area contributed by atoms with Crippen LogP contribution in [0, 0.1) is 0 Å². The van der Waals surface area contributed by atoms with E-state index in [9.17, 15) is 4.79 Å². The van der Waals surface area contributed by atoms with Gasteiger partial charge >= 0.3 is 5.97 Å². The molecule has 0 N–H and O–H groups in total. The van der Waals surface area contributed by atoms with Crippen LogP contribution in [0.15, 0.2) is 91.0 Å². The van der Waals surface area contributed by atoms with Gasteiger partial charge in [-0.25, -0.2) is 0 Å². The zero-order valence-electron chi connectivity index (χ0n) is 18.1. The fourth-order valence-electron chi connectivity index (χ4n) is 3.88. The molecule has 0 aliphatic heterocycles. The average Bonchev–Trinajstić information content (AvgIpc) is 2.80. The number of esters is 1. The molecule has 4 rings (SSSR count). The van der Waals surface area contributed by atoms with Gasteiger partial charge in [-0.3, -0.25) is 4.79 Å². The maximum absolute atomic E-state index is 12.6. The number of rotatable bonds is 6. The van der Waals surface area contributed by atoms with Crippen LogP contribution in [0.3, 0.4) is 0 Å². The molecular weight excluding hydrogens is 384 g/mol. The highest BCUT2D eigenvalue weighted by Gasteiger charge is 2.23. The number of hydrogen-bond donors (Lipinski definition) is 0. The lowest BCUT2D eigenvalue weighted by molar-refractivity contribution is -0.133. The Morgan fingerprint density at radius 1 is 0.742 bits per heavy atom. The van der Waals surface area contributed by atoms with Crippen LogP contribution in [0.2, 0.25) is 0 Å². The Bertz CT molecular complexity index is 1180. The van der Waals surface area contributed by atoms with E-state index in [2.05, 4.69) is 26.0 Å². The SMILES string of the molecule is COc1ccc(C(C)(C)c2ccc(OC(=O)Cc3cccc4ccccc34)cc2)cc1. The van der Waals surface area contributed by atoms with Crippen molar-refractivity contribution < 1.29 is 14.3 Å². The molecule has 0 fully saturated rings. The minimum Gasteiger partial charge on any atom is -0.497 e. The summed E-state index contributed by atoms with van der Waals surface area (Å²) in [4.78, 5) is 12.6. The first-order chi connectivity index (χ1) is 15.0. The van der Waals surface area contributed by atoms with Gasteiger partial charge in [-0.2, -0.15) is 0 Å². The molecule has 0 unspecified atom stereocenters. The molecule has 3 heteroatoms. The zero-order valence-corrected chi connectivity index (χ0v) is 18.1. The van der Waals surface area contributed by atoms with Crippen LogP contribution in [-0.4, -0.2) is 13.1 Å². The molecule has 31 heavy (non-hydrogen) atoms. The zero-order chi connectivity index (χ0) is 21.8. The second kappa shape index (κ2) is 8.65. The Morgan fingerprint density at radius 3 is 1.97 bits per heavy atom. The summed E-state index contributed by atoms with van der Waals surface area (Å²) >= 11 is 0. The number of fused-ring (bicyclic) bond motifs is 1. The number of benzene rings is 4. The highest BCUT2D eigenvalue weighted by molar-refractivity contribution is 5.89. The van der Waals surface area contributed by atoms with E-state index < -0.39 is 0 Å². The van der Waals surface area contributed by atoms with E-state index in [1.165, 1.54) is 5.56 Å². The van der Waals surface area contributed by atoms with Gasteiger partial charge in [-0.05, 0) is 51.7 Å². The smallest absolute Gasteiger partial charge is 0.315 e. The van der Waals surface area contributed by atoms with Crippen LogP contribution in [-0.2, 0) is 16.6 Å². The Kier molecular flexibility index (Phi) is 5.77. The Balaban J connectivity index is 1.47. The minimum absolute atomic E-state index is 0.183. The van der Waals surface area contributed by atoms with Crippen LogP contribution in [0.25, 0.3) is 10.8 Å². The maximum Gasteiger partial charge on any atom is 0.315 e. The topological polar surface area (TPSA) is 35.5 Å². The van der Waals surface area contributed by atoms with Crippen molar-refractivity contribution in [1.82, 2.24) is 0 Å². The molecule has 0 aliphatic rings. The van der Waals surface area contributed by atoms with Crippen molar-refractivity contribution in [3.63, 3.8) is 0 Å². The number of ether oxygens (including phenoxy) is 2. The van der Waals surface area contributed by atoms with Gasteiger partial charge in [-0.15, -0.1) is 0 Å². The summed E-state index contributed by atoms with van der Waals surface area (Å²) in [6.07, 6.45) is 0.237. The van der Waals surface area contributed by atoms with Gasteiger partial charge in [0.25, 0.3) is 0 Å². The molecule has 0 radical (unpaired) electrons. The van der Waals surface area contributed by atoms with Gasteiger partial charge in [0, 0.05) is 5.41 Å². The number of carbonyl (C=O) groups is 1. The third-order valence-electron chi connectivity index (χ3n) is 5.83. The Morgan fingerprint density at radius 2 is 1.32 bits per heavy atom. The second-order valence-corrected chi connectivity index (χ2v) is 8.17. The lowest BCUT2D eigenvalue weighted by Gasteiger charge is -2.26. The van der Waals surface area contributed by atoms with Gasteiger partial charge in [0.1, 0.15) is 11.5 Å². The number of hydrogen-bond acceptors (Lipinski definition) is 3. The molecule has 0 atom stereocenters. The fourth-order valence-corrected chi connectivity index (χ4v) is 3.88. The van der Waals surface area contributed by atoms with Crippen LogP contribution in [0.4, 0.5) is 0 Å². The van der Waals surface area contributed by atoms with Gasteiger partial charge in [0.15, 0.2) is 0 Å². The second-order valence-electron chi connectivity index (χ2n) is 8.17. The predicted octanol–water partition coefficient (Wildman–Crippen LogP) is 6.32. The first kappa shape index (κ1) is 20.7. The molecule has 0 saturated carbocycles. The first-order valence-electron chi connectivity index (χ1n) is 10.4. The summed E-state index contributed by atoms with van der Waals surface area (Å²) in [7, 11) is 1.67. The van der Waals surface area contributed by atoms with Gasteiger partial charge in [0.2, 0.25) is 0 Å². The van der Waals surface area contributed by atoms with Gasteiger partial charge in [0.05, 0.1) is 13.5 Å². The van der Waals surface area contributed by atoms with E-state index in [1.807, 2.05) is 78.9 Å². The molecule has 156 valence electrons. The van der Waals surface area contributed by atoms with Crippen molar-refractivity contribution >= 4 is 16.7 Å². The molecule has 0 spiro atoms. The van der Waals surface area contributed by atoms with Crippen molar-refractivity contribution in [2.75, 3.05) is 7.11 Å². The van der Waals surface area contributed by atoms with E-state index in [4.69, 9.17) is 9.47 Å². The maximum atomic E-state index is 12.6. The molecular formula is C28H26O3. The number of methoxy groups -OCH3 is 1. The largest absolute Gasteiger partial charge is 0.497 e. The highest BCUT2D eigenvalue weighted by atomic mass is 16.5. The van der Waals surface area contributed by atoms with E-state index in [0.29, 0.717) is 5.75 Å². The van der Waals surface area contributed by atoms with Crippen molar-refractivity contribution in [1.29, 1.82) is 0 Å². The monoisotopic (exact) mass is 410 g/mol. The first-order valence-corrected chi connectivity index (χ1v) is 10.4. The van der Waals surface area contributed by atoms with Gasteiger partial charge < -0.3 is 9.47 Å². The molecule has 0 heterocycles. The van der Waals surface area contributed by atoms with Crippen molar-refractivity contribution in [2.45, 2.75) is 25.7 Å². The molecule has 0 amide bonds. The number of carbonyl (C=O) groups excluding carboxylic acids is 1. The summed E-state index contributed by atoms with van der Waals surface area (Å²) in [6, 6.07) is 29.9. The van der Waals surface area contributed by atoms with E-state index >= 15 is 0 Å². The summed E-state index contributed by atoms with van der Waals surface area (Å²) in [5.74, 6) is 1.13. The third-order valence-corrected chi connectivity index (χ3v) is 5.83. The Labute approximate surface area is 183 Å². The van der Waals surface area contributed by atoms with Crippen molar-refractivity contribution in [2.24, 2.45) is 0 Å². The van der Waals surface area contributed by atoms with Crippen LogP contribution in [0.5, 0.6) is 11.5 Å². The summed E-state index contributed by atoms with van der Waals surface area (Å²) in [5.41, 5.74) is 3.12. The van der Waals surface area contributed by atoms with Gasteiger partial charge in [-0.1, -0.05) is 80.6 Å². The van der Waals surface area contributed by atoms with Crippen molar-refractivity contribution in [3.8, 4) is 11.5 Å². The minimum atomic E-state index is -0.265. The van der Waals surface area contributed by atoms with E-state index in [-0.39, 0.29) is 17.8 Å². The normalized spacial score (nSPS) is 11.3. The summed E-state index contributed by atoms with van der Waals surface area (Å²) in [6.45, 7) is 4.35. The molecule has 0 aliphatic carbocycles. The predicted molar refractivity (Wildman–Crippen MR) is 125 cm³/mol. The molecule has 0 saturated heterocycles. The Hall–Kier alpha value is -3.59. The molecule has 3 nitrogen and oxygen atoms in total. The lowest BCUT2D eigenvalue weighted by atomic mass is 9.78. The lowest BCUT2D eigenvalue weighted by Crippen LogP contribution is -2.19. The molecule has 4 aromatic rings. The molecule has 4 aromatic carbocycles. The van der Waals surface area contributed by atoms with Crippen molar-refractivity contribution in [3.05, 3.63) is 108 Å². The third kappa shape index (κ3) is 4.46. The molecule has 0 aromatic heterocycles. The van der Waals surface area contributed by atoms with Crippen LogP contribution in [0.1, 0.15) is 30.5 Å². The highest BCUT2D eigenvalue weighted by Crippen LogP contribution is 2.33. The quantitative estimate of drug-likeness (QED) is 0.275.